The van der Waals surface area contributed by atoms with Crippen LogP contribution < -0.4 is 0 Å². The van der Waals surface area contributed by atoms with E-state index in [1.165, 1.54) is 31.4 Å². The summed E-state index contributed by atoms with van der Waals surface area (Å²) in [7, 11) is 0. The number of hydrogen-bond acceptors (Lipinski definition) is 1. The topological polar surface area (TPSA) is 9.23 Å². The highest BCUT2D eigenvalue weighted by molar-refractivity contribution is 5.28. The van der Waals surface area contributed by atoms with Crippen LogP contribution in [-0.4, -0.2) is 6.61 Å². The third kappa shape index (κ3) is 4.14. The van der Waals surface area contributed by atoms with E-state index in [1.54, 1.807) is 13.0 Å². The molecule has 3 heteroatoms. The van der Waals surface area contributed by atoms with Crippen LogP contribution in [-0.2, 0) is 4.74 Å². The molecule has 1 nitrogen and oxygen atoms in total. The van der Waals surface area contributed by atoms with E-state index in [0.717, 1.165) is 50.5 Å². The van der Waals surface area contributed by atoms with Gasteiger partial charge in [-0.15, -0.1) is 0 Å². The molecule has 2 aliphatic carbocycles. The van der Waals surface area contributed by atoms with Gasteiger partial charge in [-0.3, -0.25) is 0 Å². The van der Waals surface area contributed by atoms with Crippen LogP contribution >= 0.6 is 0 Å². The zero-order valence-corrected chi connectivity index (χ0v) is 17.4. The lowest BCUT2D eigenvalue weighted by atomic mass is 9.68. The van der Waals surface area contributed by atoms with Crippen LogP contribution in [0.25, 0.3) is 0 Å². The molecule has 1 atom stereocenters. The summed E-state index contributed by atoms with van der Waals surface area (Å²) in [6, 6.07) is 3.53. The fraction of sp³-hybridized carbons (Fsp3) is 0.680. The van der Waals surface area contributed by atoms with E-state index in [0.29, 0.717) is 23.0 Å². The average molecular weight is 389 g/mol. The fourth-order valence-electron chi connectivity index (χ4n) is 5.72. The van der Waals surface area contributed by atoms with Gasteiger partial charge >= 0.3 is 0 Å². The molecule has 0 spiro atoms. The van der Waals surface area contributed by atoms with Crippen molar-refractivity contribution in [2.45, 2.75) is 77.6 Å². The maximum atomic E-state index is 14.4. The van der Waals surface area contributed by atoms with Crippen molar-refractivity contribution in [3.05, 3.63) is 46.7 Å². The molecule has 0 aromatic heterocycles. The minimum absolute atomic E-state index is 0.186. The van der Waals surface area contributed by atoms with Crippen molar-refractivity contribution in [2.24, 2.45) is 23.7 Å². The largest absolute Gasteiger partial charge is 0.498 e. The van der Waals surface area contributed by atoms with Gasteiger partial charge in [0.1, 0.15) is 0 Å². The fourth-order valence-corrected chi connectivity index (χ4v) is 5.72. The first kappa shape index (κ1) is 19.9. The highest BCUT2D eigenvalue weighted by Gasteiger charge is 2.34. The van der Waals surface area contributed by atoms with E-state index >= 15 is 0 Å². The van der Waals surface area contributed by atoms with E-state index in [1.807, 2.05) is 6.07 Å². The lowest BCUT2D eigenvalue weighted by Gasteiger charge is -2.39. The molecule has 1 unspecified atom stereocenters. The van der Waals surface area contributed by atoms with E-state index in [9.17, 15) is 8.78 Å². The summed E-state index contributed by atoms with van der Waals surface area (Å²) < 4.78 is 34.3. The summed E-state index contributed by atoms with van der Waals surface area (Å²) in [5, 5.41) is 0. The molecule has 1 heterocycles. The Bertz CT molecular complexity index is 710. The molecule has 1 aliphatic heterocycles. The van der Waals surface area contributed by atoms with Crippen molar-refractivity contribution in [3.8, 4) is 0 Å². The number of allylic oxidation sites excluding steroid dienone is 2. The first-order valence-corrected chi connectivity index (χ1v) is 11.3. The molecule has 0 saturated heterocycles. The molecule has 1 aromatic rings. The summed E-state index contributed by atoms with van der Waals surface area (Å²) in [5.74, 6) is 3.02. The van der Waals surface area contributed by atoms with Gasteiger partial charge in [0.05, 0.1) is 12.4 Å². The first-order chi connectivity index (χ1) is 13.5. The van der Waals surface area contributed by atoms with Gasteiger partial charge in [-0.1, -0.05) is 19.1 Å². The Kier molecular flexibility index (Phi) is 6.08. The Morgan fingerprint density at radius 1 is 0.821 bits per heavy atom. The molecule has 28 heavy (non-hydrogen) atoms. The highest BCUT2D eigenvalue weighted by Crippen LogP contribution is 2.45. The van der Waals surface area contributed by atoms with E-state index in [2.05, 4.69) is 13.0 Å². The van der Waals surface area contributed by atoms with Crippen molar-refractivity contribution in [3.63, 3.8) is 0 Å². The van der Waals surface area contributed by atoms with Crippen LogP contribution in [0.1, 0.15) is 81.8 Å². The molecule has 0 N–H and O–H groups in total. The summed E-state index contributed by atoms with van der Waals surface area (Å²) in [5.41, 5.74) is 0.999. The van der Waals surface area contributed by atoms with Crippen LogP contribution in [0, 0.1) is 42.2 Å². The molecule has 4 rings (SSSR count). The predicted octanol–water partition coefficient (Wildman–Crippen LogP) is 7.29. The molecule has 3 aliphatic rings. The van der Waals surface area contributed by atoms with E-state index < -0.39 is 11.6 Å². The van der Waals surface area contributed by atoms with Gasteiger partial charge in [0.25, 0.3) is 0 Å². The molecule has 0 radical (unpaired) electrons. The molecular formula is C25H34F2O. The Labute approximate surface area is 168 Å². The Balaban J connectivity index is 1.29. The smallest absolute Gasteiger partial charge is 0.162 e. The minimum Gasteiger partial charge on any atom is -0.498 e. The molecule has 2 fully saturated rings. The molecular weight excluding hydrogens is 354 g/mol. The number of halogens is 2. The average Bonchev–Trinajstić information content (AvgIpc) is 2.73. The van der Waals surface area contributed by atoms with Crippen LogP contribution in [0.4, 0.5) is 8.78 Å². The minimum atomic E-state index is -0.661. The summed E-state index contributed by atoms with van der Waals surface area (Å²) in [6.45, 7) is 4.76. The maximum Gasteiger partial charge on any atom is 0.162 e. The molecule has 1 aromatic carbocycles. The number of aryl methyl sites for hydroxylation is 1. The van der Waals surface area contributed by atoms with Crippen molar-refractivity contribution in [2.75, 3.05) is 6.61 Å². The third-order valence-electron chi connectivity index (χ3n) is 7.61. The number of benzene rings is 1. The quantitative estimate of drug-likeness (QED) is 0.528. The van der Waals surface area contributed by atoms with Gasteiger partial charge in [0.2, 0.25) is 0 Å². The third-order valence-corrected chi connectivity index (χ3v) is 7.61. The second-order valence-electron chi connectivity index (χ2n) is 9.58. The number of rotatable bonds is 3. The Hall–Kier alpha value is -1.38. The normalized spacial score (nSPS) is 33.9. The summed E-state index contributed by atoms with van der Waals surface area (Å²) in [4.78, 5) is 0. The van der Waals surface area contributed by atoms with Crippen molar-refractivity contribution >= 4 is 0 Å². The second kappa shape index (κ2) is 8.55. The number of hydrogen-bond donors (Lipinski definition) is 0. The number of ether oxygens (including phenoxy) is 1. The Morgan fingerprint density at radius 3 is 2.00 bits per heavy atom. The van der Waals surface area contributed by atoms with Crippen molar-refractivity contribution in [1.29, 1.82) is 0 Å². The monoisotopic (exact) mass is 388 g/mol. The zero-order chi connectivity index (χ0) is 19.7. The second-order valence-corrected chi connectivity index (χ2v) is 9.58. The van der Waals surface area contributed by atoms with Crippen LogP contribution in [0.2, 0.25) is 0 Å². The van der Waals surface area contributed by atoms with Gasteiger partial charge in [0.15, 0.2) is 11.6 Å². The molecule has 0 amide bonds. The predicted molar refractivity (Wildman–Crippen MR) is 109 cm³/mol. The van der Waals surface area contributed by atoms with Gasteiger partial charge in [-0.05, 0) is 106 Å². The lowest BCUT2D eigenvalue weighted by Crippen LogP contribution is -2.27. The Morgan fingerprint density at radius 2 is 1.43 bits per heavy atom. The van der Waals surface area contributed by atoms with Gasteiger partial charge in [-0.25, -0.2) is 8.78 Å². The SMILES string of the molecule is Cc1ccc(C2CCC(C3CCC(C4=CCC(C)CO4)CC3)CC2)c(F)c1F. The molecule has 0 bridgehead atoms. The lowest BCUT2D eigenvalue weighted by molar-refractivity contribution is 0.0961. The van der Waals surface area contributed by atoms with Crippen LogP contribution in [0.5, 0.6) is 0 Å². The summed E-state index contributed by atoms with van der Waals surface area (Å²) >= 11 is 0. The van der Waals surface area contributed by atoms with Crippen molar-refractivity contribution in [1.82, 2.24) is 0 Å². The molecule has 154 valence electrons. The maximum absolute atomic E-state index is 14.4. The standard InChI is InChI=1S/C25H34F2O/c1-16-3-14-23(28-15-16)21-11-7-19(8-12-21)18-5-9-20(10-6-18)22-13-4-17(2)24(26)25(22)27/h4,13-14,16,18-21H,3,5-12,15H2,1-2H3. The van der Waals surface area contributed by atoms with Crippen molar-refractivity contribution < 1.29 is 13.5 Å². The van der Waals surface area contributed by atoms with Crippen LogP contribution in [0.3, 0.4) is 0 Å². The van der Waals surface area contributed by atoms with Gasteiger partial charge < -0.3 is 4.74 Å². The van der Waals surface area contributed by atoms with Crippen LogP contribution in [0.15, 0.2) is 24.0 Å². The first-order valence-electron chi connectivity index (χ1n) is 11.3. The molecule has 2 saturated carbocycles. The zero-order valence-electron chi connectivity index (χ0n) is 17.4. The van der Waals surface area contributed by atoms with E-state index in [-0.39, 0.29) is 5.92 Å². The van der Waals surface area contributed by atoms with Gasteiger partial charge in [-0.2, -0.15) is 0 Å². The summed E-state index contributed by atoms with van der Waals surface area (Å²) in [6.07, 6.45) is 12.9. The highest BCUT2D eigenvalue weighted by atomic mass is 19.2. The van der Waals surface area contributed by atoms with Gasteiger partial charge in [0, 0.05) is 5.92 Å². The van der Waals surface area contributed by atoms with E-state index in [4.69, 9.17) is 4.74 Å².